The molecule has 0 atom stereocenters. The lowest BCUT2D eigenvalue weighted by Crippen LogP contribution is -2.12. The van der Waals surface area contributed by atoms with Crippen molar-refractivity contribution in [2.24, 2.45) is 0 Å². The van der Waals surface area contributed by atoms with Crippen LogP contribution in [0.5, 0.6) is 5.75 Å². The molecular formula is C14H23O4P. The second-order valence-corrected chi connectivity index (χ2v) is 7.96. The van der Waals surface area contributed by atoms with Crippen molar-refractivity contribution >= 4 is 7.60 Å². The van der Waals surface area contributed by atoms with Gasteiger partial charge in [-0.3, -0.25) is 4.57 Å². The van der Waals surface area contributed by atoms with Crippen LogP contribution in [0.1, 0.15) is 37.5 Å². The fourth-order valence-electron chi connectivity index (χ4n) is 1.94. The molecule has 0 radical (unpaired) electrons. The molecule has 0 aliphatic carbocycles. The summed E-state index contributed by atoms with van der Waals surface area (Å²) in [6, 6.07) is 3.68. The number of hydrogen-bond acceptors (Lipinski definition) is 4. The van der Waals surface area contributed by atoms with Gasteiger partial charge in [0.2, 0.25) is 0 Å². The molecule has 1 rings (SSSR count). The normalized spacial score (nSPS) is 12.7. The summed E-state index contributed by atoms with van der Waals surface area (Å²) in [5.74, 6) is 0.293. The number of rotatable bonds is 4. The number of benzene rings is 1. The highest BCUT2D eigenvalue weighted by Crippen LogP contribution is 2.50. The first kappa shape index (κ1) is 16.2. The summed E-state index contributed by atoms with van der Waals surface area (Å²) < 4.78 is 22.1. The van der Waals surface area contributed by atoms with Crippen LogP contribution < -0.4 is 0 Å². The molecule has 0 saturated heterocycles. The van der Waals surface area contributed by atoms with Crippen molar-refractivity contribution < 1.29 is 18.7 Å². The third-order valence-corrected chi connectivity index (χ3v) is 4.97. The molecule has 0 aromatic heterocycles. The summed E-state index contributed by atoms with van der Waals surface area (Å²) in [6.45, 7) is 7.91. The van der Waals surface area contributed by atoms with Gasteiger partial charge in [-0.1, -0.05) is 32.9 Å². The first-order chi connectivity index (χ1) is 8.63. The van der Waals surface area contributed by atoms with Gasteiger partial charge >= 0.3 is 7.60 Å². The molecule has 0 amide bonds. The summed E-state index contributed by atoms with van der Waals surface area (Å²) in [4.78, 5) is 0. The first-order valence-electron chi connectivity index (χ1n) is 6.16. The van der Waals surface area contributed by atoms with Gasteiger partial charge in [-0.15, -0.1) is 0 Å². The molecule has 1 N–H and O–H groups in total. The molecule has 0 aliphatic rings. The van der Waals surface area contributed by atoms with Crippen molar-refractivity contribution in [3.8, 4) is 5.75 Å². The highest BCUT2D eigenvalue weighted by atomic mass is 31.2. The maximum Gasteiger partial charge on any atom is 0.334 e. The van der Waals surface area contributed by atoms with Crippen LogP contribution in [0, 0.1) is 6.92 Å². The lowest BCUT2D eigenvalue weighted by Gasteiger charge is -2.23. The van der Waals surface area contributed by atoms with E-state index in [0.717, 1.165) is 16.7 Å². The van der Waals surface area contributed by atoms with Crippen LogP contribution in [0.4, 0.5) is 0 Å². The zero-order chi connectivity index (χ0) is 14.8. The molecule has 0 spiro atoms. The molecule has 0 bridgehead atoms. The minimum absolute atomic E-state index is 0.186. The third kappa shape index (κ3) is 3.82. The van der Waals surface area contributed by atoms with Crippen LogP contribution in [0.3, 0.4) is 0 Å². The quantitative estimate of drug-likeness (QED) is 0.850. The molecule has 1 aromatic carbocycles. The standard InChI is InChI=1S/C14H23O4P/c1-10-7-11(9-19(16,17-5)18-6)8-12(13(10)15)14(2,3)4/h7-8,15H,9H2,1-6H3. The Morgan fingerprint density at radius 1 is 1.21 bits per heavy atom. The molecule has 0 heterocycles. The SMILES string of the molecule is COP(=O)(Cc1cc(C)c(O)c(C(C)(C)C)c1)OC. The van der Waals surface area contributed by atoms with E-state index in [-0.39, 0.29) is 11.6 Å². The first-order valence-corrected chi connectivity index (χ1v) is 7.89. The second kappa shape index (κ2) is 5.66. The Morgan fingerprint density at radius 3 is 2.16 bits per heavy atom. The summed E-state index contributed by atoms with van der Waals surface area (Å²) in [7, 11) is -0.337. The van der Waals surface area contributed by atoms with Crippen LogP contribution >= 0.6 is 7.60 Å². The van der Waals surface area contributed by atoms with Crippen LogP contribution in [0.25, 0.3) is 0 Å². The zero-order valence-corrected chi connectivity index (χ0v) is 13.4. The number of phenolic OH excluding ortho intramolecular Hbond substituents is 1. The topological polar surface area (TPSA) is 55.8 Å². The van der Waals surface area contributed by atoms with Crippen molar-refractivity contribution in [2.45, 2.75) is 39.3 Å². The van der Waals surface area contributed by atoms with Gasteiger partial charge in [0.25, 0.3) is 0 Å². The van der Waals surface area contributed by atoms with Gasteiger partial charge in [-0.2, -0.15) is 0 Å². The van der Waals surface area contributed by atoms with Gasteiger partial charge in [-0.25, -0.2) is 0 Å². The highest BCUT2D eigenvalue weighted by Gasteiger charge is 2.25. The van der Waals surface area contributed by atoms with E-state index in [9.17, 15) is 9.67 Å². The maximum atomic E-state index is 12.2. The minimum Gasteiger partial charge on any atom is -0.507 e. The van der Waals surface area contributed by atoms with Crippen LogP contribution in [-0.2, 0) is 25.2 Å². The summed E-state index contributed by atoms with van der Waals surface area (Å²) in [5.41, 5.74) is 2.25. The molecule has 0 unspecified atom stereocenters. The van der Waals surface area contributed by atoms with Crippen LogP contribution in [0.2, 0.25) is 0 Å². The average molecular weight is 286 g/mol. The van der Waals surface area contributed by atoms with Gasteiger partial charge in [0, 0.05) is 14.2 Å². The molecule has 4 nitrogen and oxygen atoms in total. The molecule has 5 heteroatoms. The van der Waals surface area contributed by atoms with Gasteiger partial charge in [0.1, 0.15) is 5.75 Å². The Morgan fingerprint density at radius 2 is 1.74 bits per heavy atom. The Labute approximate surface area is 115 Å². The van der Waals surface area contributed by atoms with Crippen molar-refractivity contribution in [1.82, 2.24) is 0 Å². The minimum atomic E-state index is -3.09. The van der Waals surface area contributed by atoms with Gasteiger partial charge in [-0.05, 0) is 29.0 Å². The number of phenols is 1. The Bertz CT molecular complexity index is 495. The summed E-state index contributed by atoms with van der Waals surface area (Å²) in [6.07, 6.45) is 0.199. The van der Waals surface area contributed by atoms with E-state index in [1.54, 1.807) is 0 Å². The van der Waals surface area contributed by atoms with Gasteiger partial charge < -0.3 is 14.2 Å². The molecule has 108 valence electrons. The lowest BCUT2D eigenvalue weighted by atomic mass is 9.84. The van der Waals surface area contributed by atoms with Crippen LogP contribution in [0.15, 0.2) is 12.1 Å². The Balaban J connectivity index is 3.25. The van der Waals surface area contributed by atoms with E-state index < -0.39 is 7.60 Å². The van der Waals surface area contributed by atoms with Crippen molar-refractivity contribution in [1.29, 1.82) is 0 Å². The van der Waals surface area contributed by atoms with Crippen molar-refractivity contribution in [3.05, 3.63) is 28.8 Å². The molecule has 0 aliphatic heterocycles. The maximum absolute atomic E-state index is 12.2. The Kier molecular flexibility index (Phi) is 4.83. The van der Waals surface area contributed by atoms with E-state index in [1.807, 2.05) is 39.8 Å². The van der Waals surface area contributed by atoms with E-state index in [4.69, 9.17) is 9.05 Å². The molecular weight excluding hydrogens is 263 g/mol. The molecule has 1 aromatic rings. The largest absolute Gasteiger partial charge is 0.507 e. The molecule has 0 saturated carbocycles. The third-order valence-electron chi connectivity index (χ3n) is 3.10. The molecule has 19 heavy (non-hydrogen) atoms. The highest BCUT2D eigenvalue weighted by molar-refractivity contribution is 7.52. The van der Waals surface area contributed by atoms with Crippen molar-refractivity contribution in [2.75, 3.05) is 14.2 Å². The van der Waals surface area contributed by atoms with Gasteiger partial charge in [0.05, 0.1) is 6.16 Å². The number of aryl methyl sites for hydroxylation is 1. The monoisotopic (exact) mass is 286 g/mol. The van der Waals surface area contributed by atoms with Gasteiger partial charge in [0.15, 0.2) is 0 Å². The predicted octanol–water partition coefficient (Wildman–Crippen LogP) is 3.98. The van der Waals surface area contributed by atoms with E-state index in [1.165, 1.54) is 14.2 Å². The average Bonchev–Trinajstić information content (AvgIpc) is 2.32. The lowest BCUT2D eigenvalue weighted by molar-refractivity contribution is 0.274. The van der Waals surface area contributed by atoms with E-state index in [0.29, 0.717) is 5.75 Å². The Hall–Kier alpha value is -0.830. The van der Waals surface area contributed by atoms with Crippen LogP contribution in [-0.4, -0.2) is 19.3 Å². The fourth-order valence-corrected chi connectivity index (χ4v) is 2.98. The van der Waals surface area contributed by atoms with E-state index in [2.05, 4.69) is 0 Å². The van der Waals surface area contributed by atoms with E-state index >= 15 is 0 Å². The summed E-state index contributed by atoms with van der Waals surface area (Å²) >= 11 is 0. The number of aromatic hydroxyl groups is 1. The smallest absolute Gasteiger partial charge is 0.334 e. The second-order valence-electron chi connectivity index (χ2n) is 5.69. The zero-order valence-electron chi connectivity index (χ0n) is 12.5. The predicted molar refractivity (Wildman–Crippen MR) is 76.9 cm³/mol. The number of hydrogen-bond donors (Lipinski definition) is 1. The fraction of sp³-hybridized carbons (Fsp3) is 0.571. The molecule has 0 fully saturated rings. The summed E-state index contributed by atoms with van der Waals surface area (Å²) in [5, 5.41) is 10.1. The van der Waals surface area contributed by atoms with Crippen molar-refractivity contribution in [3.63, 3.8) is 0 Å².